The Hall–Kier alpha value is -0.926. The van der Waals surface area contributed by atoms with Gasteiger partial charge in [0.1, 0.15) is 5.60 Å². The number of allylic oxidation sites excluding steroid dienone is 1. The van der Waals surface area contributed by atoms with Crippen LogP contribution >= 0.6 is 0 Å². The number of rotatable bonds is 14. The molecule has 3 aliphatic rings. The van der Waals surface area contributed by atoms with E-state index in [2.05, 4.69) is 73.8 Å². The zero-order valence-electron chi connectivity index (χ0n) is 30.6. The second kappa shape index (κ2) is 14.5. The Kier molecular flexibility index (Phi) is 12.3. The van der Waals surface area contributed by atoms with Gasteiger partial charge in [-0.15, -0.1) is 6.58 Å². The Morgan fingerprint density at radius 3 is 2.05 bits per heavy atom. The molecule has 0 saturated heterocycles. The second-order valence-corrected chi connectivity index (χ2v) is 29.1. The van der Waals surface area contributed by atoms with Crippen LogP contribution in [0.25, 0.3) is 0 Å². The molecular weight excluding hydrogens is 581 g/mol. The predicted octanol–water partition coefficient (Wildman–Crippen LogP) is 10.0. The number of fused-ring (bicyclic) bond motifs is 1. The van der Waals surface area contributed by atoms with E-state index >= 15 is 0 Å². The minimum absolute atomic E-state index is 0.0140. The van der Waals surface area contributed by atoms with Gasteiger partial charge in [0.25, 0.3) is 0 Å². The van der Waals surface area contributed by atoms with Crippen molar-refractivity contribution in [2.24, 2.45) is 40.9 Å². The van der Waals surface area contributed by atoms with Crippen molar-refractivity contribution in [2.75, 3.05) is 13.2 Å². The van der Waals surface area contributed by atoms with Crippen LogP contribution in [0.1, 0.15) is 107 Å². The largest absolute Gasteiger partial charge is 0.466 e. The summed E-state index contributed by atoms with van der Waals surface area (Å²) in [4.78, 5) is 27.5. The van der Waals surface area contributed by atoms with Crippen molar-refractivity contribution in [1.82, 2.24) is 0 Å². The third-order valence-corrected chi connectivity index (χ3v) is 19.5. The highest BCUT2D eigenvalue weighted by atomic mass is 28.4. The first-order valence-corrected chi connectivity index (χ1v) is 23.8. The number of carbonyl (C=O) groups is 2. The Bertz CT molecular complexity index is 971. The fraction of sp³-hybridized carbons (Fsp3) is 0.892. The number of hydrogen-bond acceptors (Lipinski definition) is 5. The number of ether oxygens (including phenoxy) is 2. The maximum atomic E-state index is 13.9. The SMILES string of the molecule is C=C[C@H]1C[C@@H]2CC(C(=O)OCC[Si](C)(C)C)C[C@]3(CCCO[Si](C(C)C)(C(C)C)C(C)C)CC(C(=O)OC(C)(C)C)[C@H]1C[C@H]23. The molecule has 3 aliphatic carbocycles. The number of esters is 2. The van der Waals surface area contributed by atoms with Crippen LogP contribution in [0.2, 0.25) is 42.3 Å². The second-order valence-electron chi connectivity index (χ2n) is 18.0. The molecule has 3 saturated carbocycles. The van der Waals surface area contributed by atoms with Crippen LogP contribution in [-0.4, -0.2) is 47.1 Å². The number of hydrogen-bond donors (Lipinski definition) is 0. The standard InChI is InChI=1S/C37H68O5Si2/c1-14-28-20-29-21-30(34(38)40-18-19-43(11,12)13)23-37(16-15-17-41-44(25(2)3,26(4)5)27(6)7)24-32(31(28)22-33(29)37)35(39)42-36(8,9)10/h14,25-33H,1,15-24H2,2-13H3/t28-,29+,30?,31-,32?,33+,37+/m0/s1. The van der Waals surface area contributed by atoms with Crippen molar-refractivity contribution >= 4 is 28.3 Å². The van der Waals surface area contributed by atoms with Gasteiger partial charge in [-0.2, -0.15) is 0 Å². The summed E-state index contributed by atoms with van der Waals surface area (Å²) in [6, 6.07) is 0.994. The molecule has 3 rings (SSSR count). The number of carbonyl (C=O) groups excluding carboxylic acids is 2. The van der Waals surface area contributed by atoms with E-state index in [9.17, 15) is 9.59 Å². The first-order valence-electron chi connectivity index (χ1n) is 17.9. The quantitative estimate of drug-likeness (QED) is 0.0812. The van der Waals surface area contributed by atoms with Crippen molar-refractivity contribution < 1.29 is 23.5 Å². The zero-order chi connectivity index (χ0) is 33.3. The molecule has 0 N–H and O–H groups in total. The van der Waals surface area contributed by atoms with E-state index in [-0.39, 0.29) is 41.0 Å². The highest BCUT2D eigenvalue weighted by Gasteiger charge is 2.60. The van der Waals surface area contributed by atoms with Gasteiger partial charge in [-0.1, -0.05) is 67.3 Å². The molecule has 5 nitrogen and oxygen atoms in total. The smallest absolute Gasteiger partial charge is 0.309 e. The van der Waals surface area contributed by atoms with Gasteiger partial charge in [0.2, 0.25) is 0 Å². The predicted molar refractivity (Wildman–Crippen MR) is 188 cm³/mol. The van der Waals surface area contributed by atoms with Crippen LogP contribution < -0.4 is 0 Å². The van der Waals surface area contributed by atoms with E-state index < -0.39 is 22.0 Å². The van der Waals surface area contributed by atoms with E-state index in [0.717, 1.165) is 57.6 Å². The molecule has 7 heteroatoms. The monoisotopic (exact) mass is 648 g/mol. The first kappa shape index (κ1) is 37.5. The van der Waals surface area contributed by atoms with Crippen molar-refractivity contribution in [2.45, 2.75) is 155 Å². The zero-order valence-corrected chi connectivity index (χ0v) is 32.6. The van der Waals surface area contributed by atoms with E-state index in [4.69, 9.17) is 13.9 Å². The highest BCUT2D eigenvalue weighted by Crippen LogP contribution is 2.65. The van der Waals surface area contributed by atoms with Gasteiger partial charge in [-0.25, -0.2) is 0 Å². The Morgan fingerprint density at radius 1 is 0.909 bits per heavy atom. The molecule has 2 unspecified atom stereocenters. The van der Waals surface area contributed by atoms with Crippen LogP contribution in [0.5, 0.6) is 0 Å². The van der Waals surface area contributed by atoms with Crippen LogP contribution in [0, 0.1) is 40.9 Å². The molecule has 0 aromatic carbocycles. The fourth-order valence-electron chi connectivity index (χ4n) is 9.96. The van der Waals surface area contributed by atoms with E-state index in [1.54, 1.807) is 0 Å². The van der Waals surface area contributed by atoms with E-state index in [1.165, 1.54) is 0 Å². The maximum absolute atomic E-state index is 13.9. The van der Waals surface area contributed by atoms with Crippen LogP contribution in [0.15, 0.2) is 12.7 Å². The molecule has 44 heavy (non-hydrogen) atoms. The van der Waals surface area contributed by atoms with Crippen molar-refractivity contribution in [1.29, 1.82) is 0 Å². The normalized spacial score (nSPS) is 30.9. The molecule has 0 aromatic heterocycles. The average molecular weight is 649 g/mol. The maximum Gasteiger partial charge on any atom is 0.309 e. The van der Waals surface area contributed by atoms with Gasteiger partial charge in [-0.05, 0) is 117 Å². The average Bonchev–Trinajstić information content (AvgIpc) is 2.89. The minimum Gasteiger partial charge on any atom is -0.466 e. The molecule has 0 amide bonds. The summed E-state index contributed by atoms with van der Waals surface area (Å²) in [5.41, 5.74) is 1.06. The summed E-state index contributed by atoms with van der Waals surface area (Å²) in [7, 11) is -3.26. The van der Waals surface area contributed by atoms with Gasteiger partial charge in [-0.3, -0.25) is 9.59 Å². The highest BCUT2D eigenvalue weighted by molar-refractivity contribution is 6.77. The summed E-state index contributed by atoms with van der Waals surface area (Å²) in [6.07, 6.45) is 8.64. The topological polar surface area (TPSA) is 61.8 Å². The van der Waals surface area contributed by atoms with Crippen molar-refractivity contribution in [3.05, 3.63) is 12.7 Å². The lowest BCUT2D eigenvalue weighted by Crippen LogP contribution is -2.56. The fourth-order valence-corrected chi connectivity index (χ4v) is 16.2. The molecule has 3 fully saturated rings. The lowest BCUT2D eigenvalue weighted by atomic mass is 9.43. The Labute approximate surface area is 273 Å². The van der Waals surface area contributed by atoms with Gasteiger partial charge >= 0.3 is 11.9 Å². The molecule has 0 aromatic rings. The van der Waals surface area contributed by atoms with Gasteiger partial charge in [0.05, 0.1) is 18.4 Å². The molecule has 254 valence electrons. The lowest BCUT2D eigenvalue weighted by molar-refractivity contribution is -0.181. The molecule has 0 aliphatic heterocycles. The van der Waals surface area contributed by atoms with E-state index in [0.29, 0.717) is 35.1 Å². The molecule has 0 spiro atoms. The first-order chi connectivity index (χ1) is 20.3. The molecule has 2 bridgehead atoms. The van der Waals surface area contributed by atoms with Crippen molar-refractivity contribution in [3.63, 3.8) is 0 Å². The van der Waals surface area contributed by atoms with Gasteiger partial charge < -0.3 is 13.9 Å². The van der Waals surface area contributed by atoms with Crippen LogP contribution in [0.4, 0.5) is 0 Å². The third-order valence-electron chi connectivity index (χ3n) is 11.7. The summed E-state index contributed by atoms with van der Waals surface area (Å²) in [5, 5.41) is 0. The Balaban J connectivity index is 1.91. The molecular formula is C37H68O5Si2. The summed E-state index contributed by atoms with van der Waals surface area (Å²) in [5.74, 6) is 1.21. The third kappa shape index (κ3) is 8.50. The summed E-state index contributed by atoms with van der Waals surface area (Å²) < 4.78 is 19.1. The Morgan fingerprint density at radius 2 is 1.52 bits per heavy atom. The van der Waals surface area contributed by atoms with Crippen molar-refractivity contribution in [3.8, 4) is 0 Å². The van der Waals surface area contributed by atoms with Gasteiger partial charge in [0.15, 0.2) is 8.32 Å². The van der Waals surface area contributed by atoms with Crippen LogP contribution in [0.3, 0.4) is 0 Å². The minimum atomic E-state index is -1.96. The molecule has 0 radical (unpaired) electrons. The summed E-state index contributed by atoms with van der Waals surface area (Å²) >= 11 is 0. The molecule has 0 heterocycles. The van der Waals surface area contributed by atoms with Gasteiger partial charge in [0, 0.05) is 14.7 Å². The van der Waals surface area contributed by atoms with Crippen LogP contribution in [-0.2, 0) is 23.5 Å². The molecule has 7 atom stereocenters. The summed E-state index contributed by atoms with van der Waals surface area (Å²) in [6.45, 7) is 32.5. The lowest BCUT2D eigenvalue weighted by Gasteiger charge is -2.61. The van der Waals surface area contributed by atoms with E-state index in [1.807, 2.05) is 20.8 Å².